The van der Waals surface area contributed by atoms with Crippen LogP contribution in [0.5, 0.6) is 0 Å². The van der Waals surface area contributed by atoms with Gasteiger partial charge in [0.15, 0.2) is 5.82 Å². The lowest BCUT2D eigenvalue weighted by atomic mass is 10.1. The van der Waals surface area contributed by atoms with Gasteiger partial charge >= 0.3 is 11.9 Å². The standard InChI is InChI=1S/C12H17N3O4/c1-5-18-11(16)9(12(17)19-6-2)10-13-7(3)8(4)14-15-10/h9H,5-6H2,1-4H3. The summed E-state index contributed by atoms with van der Waals surface area (Å²) in [5, 5.41) is 7.64. The molecule has 0 amide bonds. The minimum absolute atomic E-state index is 0.000000000000000222. The van der Waals surface area contributed by atoms with E-state index in [1.54, 1.807) is 27.7 Å². The van der Waals surface area contributed by atoms with Crippen LogP contribution in [0.2, 0.25) is 0 Å². The average Bonchev–Trinajstić information content (AvgIpc) is 2.34. The van der Waals surface area contributed by atoms with Crippen molar-refractivity contribution in [2.45, 2.75) is 33.6 Å². The molecule has 0 saturated heterocycles. The molecule has 1 aromatic heterocycles. The van der Waals surface area contributed by atoms with Crippen molar-refractivity contribution in [1.82, 2.24) is 15.2 Å². The zero-order chi connectivity index (χ0) is 14.4. The lowest BCUT2D eigenvalue weighted by molar-refractivity contribution is -0.157. The monoisotopic (exact) mass is 267 g/mol. The van der Waals surface area contributed by atoms with Gasteiger partial charge in [-0.1, -0.05) is 0 Å². The first-order chi connectivity index (χ1) is 9.01. The first kappa shape index (κ1) is 15.0. The van der Waals surface area contributed by atoms with Crippen LogP contribution in [0.25, 0.3) is 0 Å². The molecule has 0 radical (unpaired) electrons. The smallest absolute Gasteiger partial charge is 0.328 e. The van der Waals surface area contributed by atoms with E-state index < -0.39 is 17.9 Å². The molecular weight excluding hydrogens is 250 g/mol. The van der Waals surface area contributed by atoms with Gasteiger partial charge in [0, 0.05) is 0 Å². The second-order valence-corrected chi connectivity index (χ2v) is 3.78. The summed E-state index contributed by atoms with van der Waals surface area (Å²) in [5.74, 6) is -2.75. The lowest BCUT2D eigenvalue weighted by Gasteiger charge is -2.13. The second kappa shape index (κ2) is 6.77. The molecule has 1 rings (SSSR count). The van der Waals surface area contributed by atoms with E-state index in [1.165, 1.54) is 0 Å². The SMILES string of the molecule is CCOC(=O)C(C(=O)OCC)c1nnc(C)c(C)n1. The predicted octanol–water partition coefficient (Wildman–Crippen LogP) is 0.698. The third kappa shape index (κ3) is 3.70. The second-order valence-electron chi connectivity index (χ2n) is 3.78. The Bertz CT molecular complexity index is 458. The molecule has 0 aliphatic heterocycles. The maximum Gasteiger partial charge on any atom is 0.328 e. The van der Waals surface area contributed by atoms with Gasteiger partial charge in [-0.3, -0.25) is 9.59 Å². The van der Waals surface area contributed by atoms with E-state index in [0.29, 0.717) is 11.4 Å². The summed E-state index contributed by atoms with van der Waals surface area (Å²) in [4.78, 5) is 27.8. The molecule has 0 aliphatic rings. The molecule has 0 unspecified atom stereocenters. The van der Waals surface area contributed by atoms with Crippen LogP contribution < -0.4 is 0 Å². The molecule has 0 N–H and O–H groups in total. The number of rotatable bonds is 5. The summed E-state index contributed by atoms with van der Waals surface area (Å²) in [5.41, 5.74) is 1.24. The van der Waals surface area contributed by atoms with Crippen LogP contribution in [-0.4, -0.2) is 40.3 Å². The summed E-state index contributed by atoms with van der Waals surface area (Å²) in [6.07, 6.45) is 0. The van der Waals surface area contributed by atoms with E-state index in [2.05, 4.69) is 15.2 Å². The average molecular weight is 267 g/mol. The van der Waals surface area contributed by atoms with Crippen molar-refractivity contribution in [3.63, 3.8) is 0 Å². The van der Waals surface area contributed by atoms with Gasteiger partial charge in [0.1, 0.15) is 0 Å². The number of aryl methyl sites for hydroxylation is 2. The van der Waals surface area contributed by atoms with E-state index in [1.807, 2.05) is 0 Å². The van der Waals surface area contributed by atoms with Crippen molar-refractivity contribution in [3.8, 4) is 0 Å². The van der Waals surface area contributed by atoms with Crippen molar-refractivity contribution in [3.05, 3.63) is 17.2 Å². The highest BCUT2D eigenvalue weighted by Crippen LogP contribution is 2.16. The summed E-state index contributed by atoms with van der Waals surface area (Å²) in [6, 6.07) is 0. The highest BCUT2D eigenvalue weighted by atomic mass is 16.6. The Hall–Kier alpha value is -2.05. The maximum atomic E-state index is 11.8. The molecule has 1 heterocycles. The van der Waals surface area contributed by atoms with Crippen LogP contribution in [0.4, 0.5) is 0 Å². The molecule has 0 atom stereocenters. The van der Waals surface area contributed by atoms with E-state index in [9.17, 15) is 9.59 Å². The Balaban J connectivity index is 3.11. The zero-order valence-corrected chi connectivity index (χ0v) is 11.5. The molecule has 0 bridgehead atoms. The Labute approximate surface area is 111 Å². The van der Waals surface area contributed by atoms with E-state index >= 15 is 0 Å². The fourth-order valence-electron chi connectivity index (χ4n) is 1.35. The van der Waals surface area contributed by atoms with Crippen LogP contribution in [0.15, 0.2) is 0 Å². The minimum Gasteiger partial charge on any atom is -0.465 e. The number of hydrogen-bond acceptors (Lipinski definition) is 7. The summed E-state index contributed by atoms with van der Waals surface area (Å²) < 4.78 is 9.70. The molecular formula is C12H17N3O4. The fourth-order valence-corrected chi connectivity index (χ4v) is 1.35. The van der Waals surface area contributed by atoms with Crippen molar-refractivity contribution >= 4 is 11.9 Å². The molecule has 19 heavy (non-hydrogen) atoms. The summed E-state index contributed by atoms with van der Waals surface area (Å²) in [6.45, 7) is 7.09. The van der Waals surface area contributed by atoms with Crippen molar-refractivity contribution < 1.29 is 19.1 Å². The Kier molecular flexibility index (Phi) is 5.35. The third-order valence-electron chi connectivity index (χ3n) is 2.41. The topological polar surface area (TPSA) is 91.3 Å². The first-order valence-electron chi connectivity index (χ1n) is 6.02. The van der Waals surface area contributed by atoms with E-state index in [0.717, 1.165) is 0 Å². The number of esters is 2. The highest BCUT2D eigenvalue weighted by Gasteiger charge is 2.34. The predicted molar refractivity (Wildman–Crippen MR) is 65.3 cm³/mol. The number of carbonyl (C=O) groups is 2. The van der Waals surface area contributed by atoms with Gasteiger partial charge in [-0.05, 0) is 27.7 Å². The van der Waals surface area contributed by atoms with Crippen LogP contribution in [0, 0.1) is 13.8 Å². The quantitative estimate of drug-likeness (QED) is 0.572. The van der Waals surface area contributed by atoms with Crippen LogP contribution in [0.3, 0.4) is 0 Å². The molecule has 104 valence electrons. The van der Waals surface area contributed by atoms with Gasteiger partial charge in [-0.2, -0.15) is 5.10 Å². The lowest BCUT2D eigenvalue weighted by Crippen LogP contribution is -2.28. The molecule has 0 saturated carbocycles. The van der Waals surface area contributed by atoms with Crippen LogP contribution >= 0.6 is 0 Å². The molecule has 0 fully saturated rings. The summed E-state index contributed by atoms with van der Waals surface area (Å²) in [7, 11) is 0. The Morgan fingerprint density at radius 3 is 1.95 bits per heavy atom. The minimum atomic E-state index is -1.29. The van der Waals surface area contributed by atoms with Gasteiger partial charge in [-0.15, -0.1) is 5.10 Å². The molecule has 7 heteroatoms. The van der Waals surface area contributed by atoms with Crippen molar-refractivity contribution in [1.29, 1.82) is 0 Å². The maximum absolute atomic E-state index is 11.8. The zero-order valence-electron chi connectivity index (χ0n) is 11.5. The van der Waals surface area contributed by atoms with Gasteiger partial charge in [0.2, 0.25) is 5.92 Å². The molecule has 7 nitrogen and oxygen atoms in total. The van der Waals surface area contributed by atoms with Crippen LogP contribution in [0.1, 0.15) is 37.0 Å². The van der Waals surface area contributed by atoms with Gasteiger partial charge in [0.05, 0.1) is 24.6 Å². The first-order valence-corrected chi connectivity index (χ1v) is 6.02. The van der Waals surface area contributed by atoms with Gasteiger partial charge in [-0.25, -0.2) is 4.98 Å². The van der Waals surface area contributed by atoms with Gasteiger partial charge in [0.25, 0.3) is 0 Å². The number of nitrogens with zero attached hydrogens (tertiary/aromatic N) is 3. The highest BCUT2D eigenvalue weighted by molar-refractivity contribution is 5.99. The van der Waals surface area contributed by atoms with E-state index in [4.69, 9.17) is 9.47 Å². The number of carbonyl (C=O) groups excluding carboxylic acids is 2. The van der Waals surface area contributed by atoms with E-state index in [-0.39, 0.29) is 19.0 Å². The van der Waals surface area contributed by atoms with Crippen molar-refractivity contribution in [2.24, 2.45) is 0 Å². The fraction of sp³-hybridized carbons (Fsp3) is 0.583. The number of aromatic nitrogens is 3. The Morgan fingerprint density at radius 1 is 1.00 bits per heavy atom. The molecule has 0 aromatic carbocycles. The number of hydrogen-bond donors (Lipinski definition) is 0. The molecule has 0 aliphatic carbocycles. The van der Waals surface area contributed by atoms with Crippen molar-refractivity contribution in [2.75, 3.05) is 13.2 Å². The van der Waals surface area contributed by atoms with Gasteiger partial charge < -0.3 is 9.47 Å². The number of ether oxygens (including phenoxy) is 2. The molecule has 1 aromatic rings. The Morgan fingerprint density at radius 2 is 1.53 bits per heavy atom. The van der Waals surface area contributed by atoms with Crippen LogP contribution in [-0.2, 0) is 19.1 Å². The normalized spacial score (nSPS) is 10.4. The third-order valence-corrected chi connectivity index (χ3v) is 2.41. The summed E-state index contributed by atoms with van der Waals surface area (Å²) >= 11 is 0. The largest absolute Gasteiger partial charge is 0.465 e. The molecule has 0 spiro atoms.